The van der Waals surface area contributed by atoms with Crippen molar-refractivity contribution in [1.82, 2.24) is 0 Å². The minimum Gasteiger partial charge on any atom is -0.383 e. The molecule has 2 fully saturated rings. The van der Waals surface area contributed by atoms with Gasteiger partial charge in [0.05, 0.1) is 6.10 Å². The lowest BCUT2D eigenvalue weighted by molar-refractivity contribution is -0.143. The third-order valence-corrected chi connectivity index (χ3v) is 3.87. The summed E-state index contributed by atoms with van der Waals surface area (Å²) in [5.74, 6) is 0.126. The highest BCUT2D eigenvalue weighted by molar-refractivity contribution is 5.85. The number of carbonyl (C=O) groups is 1. The molecule has 3 heteroatoms. The SMILES string of the molecule is O=C(C1CCCCC1)C(O)C1CCCCO1. The molecule has 2 unspecified atom stereocenters. The number of hydrogen-bond donors (Lipinski definition) is 1. The van der Waals surface area contributed by atoms with E-state index in [1.807, 2.05) is 0 Å². The molecule has 1 saturated carbocycles. The van der Waals surface area contributed by atoms with Crippen molar-refractivity contribution < 1.29 is 14.6 Å². The first-order chi connectivity index (χ1) is 7.79. The van der Waals surface area contributed by atoms with Gasteiger partial charge in [-0.3, -0.25) is 4.79 Å². The van der Waals surface area contributed by atoms with E-state index < -0.39 is 6.10 Å². The molecule has 0 aromatic rings. The summed E-state index contributed by atoms with van der Waals surface area (Å²) in [5.41, 5.74) is 0. The van der Waals surface area contributed by atoms with Gasteiger partial charge in [0.1, 0.15) is 6.10 Å². The van der Waals surface area contributed by atoms with Gasteiger partial charge in [0.25, 0.3) is 0 Å². The number of ether oxygens (including phenoxy) is 1. The Bertz CT molecular complexity index is 227. The molecule has 1 aliphatic carbocycles. The van der Waals surface area contributed by atoms with Gasteiger partial charge in [0.2, 0.25) is 0 Å². The van der Waals surface area contributed by atoms with Gasteiger partial charge in [0, 0.05) is 12.5 Å². The molecule has 2 aliphatic rings. The lowest BCUT2D eigenvalue weighted by Gasteiger charge is -2.29. The van der Waals surface area contributed by atoms with Crippen molar-refractivity contribution >= 4 is 5.78 Å². The monoisotopic (exact) mass is 226 g/mol. The quantitative estimate of drug-likeness (QED) is 0.801. The van der Waals surface area contributed by atoms with E-state index >= 15 is 0 Å². The summed E-state index contributed by atoms with van der Waals surface area (Å²) in [7, 11) is 0. The number of carbonyl (C=O) groups excluding carboxylic acids is 1. The highest BCUT2D eigenvalue weighted by Gasteiger charge is 2.33. The van der Waals surface area contributed by atoms with Gasteiger partial charge in [0.15, 0.2) is 5.78 Å². The minimum absolute atomic E-state index is 0.0339. The molecule has 92 valence electrons. The second-order valence-corrected chi connectivity index (χ2v) is 5.09. The summed E-state index contributed by atoms with van der Waals surface area (Å²) >= 11 is 0. The van der Waals surface area contributed by atoms with Gasteiger partial charge in [-0.1, -0.05) is 19.3 Å². The Morgan fingerprint density at radius 1 is 1.06 bits per heavy atom. The lowest BCUT2D eigenvalue weighted by atomic mass is 9.83. The fourth-order valence-corrected chi connectivity index (χ4v) is 2.83. The van der Waals surface area contributed by atoms with Crippen LogP contribution in [0.5, 0.6) is 0 Å². The van der Waals surface area contributed by atoms with Crippen LogP contribution in [0.4, 0.5) is 0 Å². The maximum absolute atomic E-state index is 12.1. The van der Waals surface area contributed by atoms with E-state index in [0.29, 0.717) is 6.61 Å². The molecule has 0 radical (unpaired) electrons. The number of aliphatic hydroxyl groups excluding tert-OH is 1. The zero-order chi connectivity index (χ0) is 11.4. The van der Waals surface area contributed by atoms with E-state index in [-0.39, 0.29) is 17.8 Å². The largest absolute Gasteiger partial charge is 0.383 e. The summed E-state index contributed by atoms with van der Waals surface area (Å²) in [4.78, 5) is 12.1. The normalized spacial score (nSPS) is 29.9. The smallest absolute Gasteiger partial charge is 0.167 e. The first kappa shape index (κ1) is 12.1. The Hall–Kier alpha value is -0.410. The molecule has 1 aliphatic heterocycles. The van der Waals surface area contributed by atoms with Gasteiger partial charge in [-0.15, -0.1) is 0 Å². The predicted molar refractivity (Wildman–Crippen MR) is 61.2 cm³/mol. The van der Waals surface area contributed by atoms with Crippen LogP contribution in [0.1, 0.15) is 51.4 Å². The first-order valence-electron chi connectivity index (χ1n) is 6.62. The summed E-state index contributed by atoms with van der Waals surface area (Å²) in [6, 6.07) is 0. The maximum atomic E-state index is 12.1. The van der Waals surface area contributed by atoms with Crippen LogP contribution in [0.25, 0.3) is 0 Å². The van der Waals surface area contributed by atoms with Crippen LogP contribution < -0.4 is 0 Å². The standard InChI is InChI=1S/C13H22O3/c14-12(10-6-2-1-3-7-10)13(15)11-8-4-5-9-16-11/h10-11,13,15H,1-9H2. The van der Waals surface area contributed by atoms with Crippen LogP contribution in [-0.2, 0) is 9.53 Å². The van der Waals surface area contributed by atoms with Crippen LogP contribution in [0.15, 0.2) is 0 Å². The predicted octanol–water partition coefficient (Wildman–Crippen LogP) is 2.07. The molecule has 0 aromatic carbocycles. The zero-order valence-corrected chi connectivity index (χ0v) is 9.86. The minimum atomic E-state index is -0.872. The average molecular weight is 226 g/mol. The van der Waals surface area contributed by atoms with E-state index in [2.05, 4.69) is 0 Å². The molecule has 0 bridgehead atoms. The summed E-state index contributed by atoms with van der Waals surface area (Å²) in [6.07, 6.45) is 7.28. The van der Waals surface area contributed by atoms with Crippen molar-refractivity contribution in [3.8, 4) is 0 Å². The van der Waals surface area contributed by atoms with Gasteiger partial charge in [-0.2, -0.15) is 0 Å². The maximum Gasteiger partial charge on any atom is 0.167 e. The average Bonchev–Trinajstić information content (AvgIpc) is 2.39. The van der Waals surface area contributed by atoms with Crippen molar-refractivity contribution in [2.45, 2.75) is 63.6 Å². The second-order valence-electron chi connectivity index (χ2n) is 5.09. The third kappa shape index (κ3) is 2.83. The molecule has 0 aromatic heterocycles. The molecular weight excluding hydrogens is 204 g/mol. The molecule has 0 spiro atoms. The van der Waals surface area contributed by atoms with Crippen molar-refractivity contribution in [2.24, 2.45) is 5.92 Å². The number of Topliss-reactive ketones (excluding diaryl/α,β-unsaturated/α-hetero) is 1. The van der Waals surface area contributed by atoms with Crippen molar-refractivity contribution in [1.29, 1.82) is 0 Å². The van der Waals surface area contributed by atoms with Crippen molar-refractivity contribution in [2.75, 3.05) is 6.61 Å². The van der Waals surface area contributed by atoms with Gasteiger partial charge >= 0.3 is 0 Å². The molecule has 2 rings (SSSR count). The fourth-order valence-electron chi connectivity index (χ4n) is 2.83. The van der Waals surface area contributed by atoms with Gasteiger partial charge in [-0.25, -0.2) is 0 Å². The number of ketones is 1. The Morgan fingerprint density at radius 2 is 1.75 bits per heavy atom. The first-order valence-corrected chi connectivity index (χ1v) is 6.62. The van der Waals surface area contributed by atoms with Crippen LogP contribution in [0, 0.1) is 5.92 Å². The second kappa shape index (κ2) is 5.78. The Balaban J connectivity index is 1.86. The number of aliphatic hydroxyl groups is 1. The van der Waals surface area contributed by atoms with Crippen molar-refractivity contribution in [3.63, 3.8) is 0 Å². The Labute approximate surface area is 97.2 Å². The fraction of sp³-hybridized carbons (Fsp3) is 0.923. The van der Waals surface area contributed by atoms with E-state index in [9.17, 15) is 9.90 Å². The summed E-state index contributed by atoms with van der Waals surface area (Å²) < 4.78 is 5.48. The lowest BCUT2D eigenvalue weighted by Crippen LogP contribution is -2.41. The summed E-state index contributed by atoms with van der Waals surface area (Å²) in [6.45, 7) is 0.694. The zero-order valence-electron chi connectivity index (χ0n) is 9.86. The summed E-state index contributed by atoms with van der Waals surface area (Å²) in [5, 5.41) is 10.0. The van der Waals surface area contributed by atoms with E-state index in [1.165, 1.54) is 6.42 Å². The van der Waals surface area contributed by atoms with Crippen LogP contribution in [-0.4, -0.2) is 29.7 Å². The number of rotatable bonds is 3. The third-order valence-electron chi connectivity index (χ3n) is 3.87. The van der Waals surface area contributed by atoms with E-state index in [4.69, 9.17) is 4.74 Å². The highest BCUT2D eigenvalue weighted by Crippen LogP contribution is 2.27. The molecule has 2 atom stereocenters. The van der Waals surface area contributed by atoms with Crippen molar-refractivity contribution in [3.05, 3.63) is 0 Å². The topological polar surface area (TPSA) is 46.5 Å². The van der Waals surface area contributed by atoms with Crippen LogP contribution >= 0.6 is 0 Å². The highest BCUT2D eigenvalue weighted by atomic mass is 16.5. The molecule has 0 amide bonds. The Kier molecular flexibility index (Phi) is 4.36. The Morgan fingerprint density at radius 3 is 2.38 bits per heavy atom. The van der Waals surface area contributed by atoms with Crippen LogP contribution in [0.3, 0.4) is 0 Å². The van der Waals surface area contributed by atoms with Crippen LogP contribution in [0.2, 0.25) is 0 Å². The molecule has 1 saturated heterocycles. The molecule has 1 N–H and O–H groups in total. The van der Waals surface area contributed by atoms with E-state index in [0.717, 1.165) is 44.9 Å². The van der Waals surface area contributed by atoms with Gasteiger partial charge < -0.3 is 9.84 Å². The molecule has 3 nitrogen and oxygen atoms in total. The molecule has 16 heavy (non-hydrogen) atoms. The molecule has 1 heterocycles. The number of hydrogen-bond acceptors (Lipinski definition) is 3. The van der Waals surface area contributed by atoms with E-state index in [1.54, 1.807) is 0 Å². The van der Waals surface area contributed by atoms with Gasteiger partial charge in [-0.05, 0) is 32.1 Å². The molecular formula is C13H22O3.